The second-order valence-corrected chi connectivity index (χ2v) is 5.32. The number of nitriles is 1. The van der Waals surface area contributed by atoms with Crippen LogP contribution in [-0.2, 0) is 5.41 Å². The lowest BCUT2D eigenvalue weighted by atomic mass is 9.86. The van der Waals surface area contributed by atoms with E-state index in [9.17, 15) is 4.79 Å². The van der Waals surface area contributed by atoms with E-state index in [-0.39, 0.29) is 5.78 Å². The molecule has 0 aromatic heterocycles. The standard InChI is InChI=1S/C14H16BrNO/c1-14(2,10-16)12-7-5-11(6-8-12)13(17)4-3-9-15/h5-8H,3-4,9H2,1-2H3. The molecule has 1 aromatic carbocycles. The molecule has 0 aliphatic rings. The van der Waals surface area contributed by atoms with Crippen molar-refractivity contribution in [3.8, 4) is 6.07 Å². The van der Waals surface area contributed by atoms with E-state index in [1.165, 1.54) is 0 Å². The number of hydrogen-bond acceptors (Lipinski definition) is 2. The molecule has 2 nitrogen and oxygen atoms in total. The van der Waals surface area contributed by atoms with Crippen molar-refractivity contribution in [1.82, 2.24) is 0 Å². The first-order valence-electron chi connectivity index (χ1n) is 5.62. The minimum absolute atomic E-state index is 0.158. The highest BCUT2D eigenvalue weighted by atomic mass is 79.9. The number of halogens is 1. The summed E-state index contributed by atoms with van der Waals surface area (Å²) in [6.07, 6.45) is 1.41. The summed E-state index contributed by atoms with van der Waals surface area (Å²) in [6.45, 7) is 3.74. The number of benzene rings is 1. The topological polar surface area (TPSA) is 40.9 Å². The maximum Gasteiger partial charge on any atom is 0.162 e. The van der Waals surface area contributed by atoms with Crippen LogP contribution in [0.1, 0.15) is 42.6 Å². The first-order chi connectivity index (χ1) is 8.01. The minimum Gasteiger partial charge on any atom is -0.294 e. The van der Waals surface area contributed by atoms with Gasteiger partial charge in [0.25, 0.3) is 0 Å². The van der Waals surface area contributed by atoms with Crippen molar-refractivity contribution in [3.05, 3.63) is 35.4 Å². The van der Waals surface area contributed by atoms with E-state index in [0.717, 1.165) is 22.9 Å². The van der Waals surface area contributed by atoms with Crippen molar-refractivity contribution in [2.45, 2.75) is 32.1 Å². The summed E-state index contributed by atoms with van der Waals surface area (Å²) in [5, 5.41) is 9.87. The quantitative estimate of drug-likeness (QED) is 0.611. The average Bonchev–Trinajstić information content (AvgIpc) is 2.36. The lowest BCUT2D eigenvalue weighted by Crippen LogP contribution is -2.13. The molecule has 3 heteroatoms. The van der Waals surface area contributed by atoms with Gasteiger partial charge in [0.05, 0.1) is 11.5 Å². The molecule has 0 radical (unpaired) electrons. The molecule has 0 heterocycles. The predicted octanol–water partition coefficient (Wildman–Crippen LogP) is 3.85. The van der Waals surface area contributed by atoms with E-state index in [2.05, 4.69) is 22.0 Å². The summed E-state index contributed by atoms with van der Waals surface area (Å²) in [7, 11) is 0. The molecule has 1 aromatic rings. The van der Waals surface area contributed by atoms with Crippen LogP contribution < -0.4 is 0 Å². The number of ketones is 1. The van der Waals surface area contributed by atoms with Crippen LogP contribution in [0.15, 0.2) is 24.3 Å². The monoisotopic (exact) mass is 293 g/mol. The zero-order valence-electron chi connectivity index (χ0n) is 10.2. The van der Waals surface area contributed by atoms with Gasteiger partial charge in [-0.05, 0) is 25.8 Å². The normalized spacial score (nSPS) is 10.9. The maximum absolute atomic E-state index is 11.7. The molecule has 0 atom stereocenters. The van der Waals surface area contributed by atoms with Crippen LogP contribution in [0.4, 0.5) is 0 Å². The third kappa shape index (κ3) is 3.67. The van der Waals surface area contributed by atoms with Crippen LogP contribution in [0.2, 0.25) is 0 Å². The molecule has 0 aliphatic heterocycles. The van der Waals surface area contributed by atoms with Gasteiger partial charge in [-0.15, -0.1) is 0 Å². The summed E-state index contributed by atoms with van der Waals surface area (Å²) in [4.78, 5) is 11.7. The van der Waals surface area contributed by atoms with Gasteiger partial charge in [0.2, 0.25) is 0 Å². The molecule has 0 aliphatic carbocycles. The van der Waals surface area contributed by atoms with Crippen LogP contribution in [-0.4, -0.2) is 11.1 Å². The van der Waals surface area contributed by atoms with E-state index in [1.54, 1.807) is 0 Å². The Kier molecular flexibility index (Phi) is 4.89. The fourth-order valence-corrected chi connectivity index (χ4v) is 1.79. The van der Waals surface area contributed by atoms with Crippen LogP contribution >= 0.6 is 15.9 Å². The fourth-order valence-electron chi connectivity index (χ4n) is 1.51. The van der Waals surface area contributed by atoms with Crippen molar-refractivity contribution in [3.63, 3.8) is 0 Å². The first kappa shape index (κ1) is 13.9. The zero-order chi connectivity index (χ0) is 12.9. The van der Waals surface area contributed by atoms with Gasteiger partial charge in [-0.2, -0.15) is 5.26 Å². The molecule has 0 amide bonds. The zero-order valence-corrected chi connectivity index (χ0v) is 11.8. The second kappa shape index (κ2) is 5.97. The highest BCUT2D eigenvalue weighted by molar-refractivity contribution is 9.09. The maximum atomic E-state index is 11.7. The number of Topliss-reactive ketones (excluding diaryl/α,β-unsaturated/α-hetero) is 1. The largest absolute Gasteiger partial charge is 0.294 e. The lowest BCUT2D eigenvalue weighted by Gasteiger charge is -2.15. The van der Waals surface area contributed by atoms with E-state index < -0.39 is 5.41 Å². The number of carbonyl (C=O) groups excluding carboxylic acids is 1. The summed E-state index contributed by atoms with van der Waals surface area (Å²) in [5.41, 5.74) is 1.16. The summed E-state index contributed by atoms with van der Waals surface area (Å²) in [6, 6.07) is 9.60. The second-order valence-electron chi connectivity index (χ2n) is 4.53. The van der Waals surface area contributed by atoms with Gasteiger partial charge < -0.3 is 0 Å². The minimum atomic E-state index is -0.503. The van der Waals surface area contributed by atoms with Crippen molar-refractivity contribution >= 4 is 21.7 Å². The molecule has 90 valence electrons. The summed E-state index contributed by atoms with van der Waals surface area (Å²) < 4.78 is 0. The SMILES string of the molecule is CC(C)(C#N)c1ccc(C(=O)CCCBr)cc1. The molecular formula is C14H16BrNO. The van der Waals surface area contributed by atoms with Crippen LogP contribution in [0.25, 0.3) is 0 Å². The Morgan fingerprint density at radius 1 is 1.35 bits per heavy atom. The van der Waals surface area contributed by atoms with Gasteiger partial charge in [-0.3, -0.25) is 4.79 Å². The lowest BCUT2D eigenvalue weighted by molar-refractivity contribution is 0.0982. The Balaban J connectivity index is 2.82. The third-order valence-electron chi connectivity index (χ3n) is 2.75. The Morgan fingerprint density at radius 3 is 2.41 bits per heavy atom. The smallest absolute Gasteiger partial charge is 0.162 e. The van der Waals surface area contributed by atoms with E-state index >= 15 is 0 Å². The number of nitrogens with zero attached hydrogens (tertiary/aromatic N) is 1. The van der Waals surface area contributed by atoms with Crippen LogP contribution in [0.3, 0.4) is 0 Å². The predicted molar refractivity (Wildman–Crippen MR) is 72.4 cm³/mol. The van der Waals surface area contributed by atoms with E-state index in [1.807, 2.05) is 38.1 Å². The van der Waals surface area contributed by atoms with Gasteiger partial charge in [-0.25, -0.2) is 0 Å². The molecule has 0 N–H and O–H groups in total. The Hall–Kier alpha value is -1.14. The molecule has 0 saturated heterocycles. The number of alkyl halides is 1. The Labute approximate surface area is 111 Å². The van der Waals surface area contributed by atoms with Gasteiger partial charge in [0.1, 0.15) is 0 Å². The first-order valence-corrected chi connectivity index (χ1v) is 6.74. The van der Waals surface area contributed by atoms with Gasteiger partial charge >= 0.3 is 0 Å². The molecular weight excluding hydrogens is 278 g/mol. The highest BCUT2D eigenvalue weighted by Gasteiger charge is 2.19. The highest BCUT2D eigenvalue weighted by Crippen LogP contribution is 2.22. The van der Waals surface area contributed by atoms with E-state index in [4.69, 9.17) is 5.26 Å². The molecule has 0 spiro atoms. The average molecular weight is 294 g/mol. The van der Waals surface area contributed by atoms with Crippen molar-refractivity contribution in [2.24, 2.45) is 0 Å². The van der Waals surface area contributed by atoms with Crippen LogP contribution in [0, 0.1) is 11.3 Å². The molecule has 0 unspecified atom stereocenters. The van der Waals surface area contributed by atoms with Crippen molar-refractivity contribution in [2.75, 3.05) is 5.33 Å². The van der Waals surface area contributed by atoms with Crippen molar-refractivity contribution in [1.29, 1.82) is 5.26 Å². The van der Waals surface area contributed by atoms with Crippen molar-refractivity contribution < 1.29 is 4.79 Å². The molecule has 17 heavy (non-hydrogen) atoms. The Morgan fingerprint density at radius 2 is 1.94 bits per heavy atom. The van der Waals surface area contributed by atoms with Gasteiger partial charge in [0, 0.05) is 17.3 Å². The molecule has 0 bridgehead atoms. The Bertz CT molecular complexity index is 429. The number of rotatable bonds is 5. The van der Waals surface area contributed by atoms with Gasteiger partial charge in [-0.1, -0.05) is 40.2 Å². The molecule has 1 rings (SSSR count). The number of hydrogen-bond donors (Lipinski definition) is 0. The summed E-state index contributed by atoms with van der Waals surface area (Å²) in [5.74, 6) is 0.158. The van der Waals surface area contributed by atoms with Crippen LogP contribution in [0.5, 0.6) is 0 Å². The third-order valence-corrected chi connectivity index (χ3v) is 3.31. The summed E-state index contributed by atoms with van der Waals surface area (Å²) >= 11 is 3.31. The molecule has 0 saturated carbocycles. The fraction of sp³-hybridized carbons (Fsp3) is 0.429. The number of carbonyl (C=O) groups is 1. The molecule has 0 fully saturated rings. The van der Waals surface area contributed by atoms with E-state index in [0.29, 0.717) is 6.42 Å². The van der Waals surface area contributed by atoms with Gasteiger partial charge in [0.15, 0.2) is 5.78 Å².